The van der Waals surface area contributed by atoms with Crippen LogP contribution < -0.4 is 15.0 Å². The number of carbonyl (C=O) groups excluding carboxylic acids is 2. The quantitative estimate of drug-likeness (QED) is 0.807. The molecule has 30 heavy (non-hydrogen) atoms. The third kappa shape index (κ3) is 3.95. The Balaban J connectivity index is 1.52. The van der Waals surface area contributed by atoms with Gasteiger partial charge in [-0.15, -0.1) is 0 Å². The molecule has 0 aromatic carbocycles. The molecular weight excluding hydrogens is 393 g/mol. The number of halogens is 1. The molecule has 4 heterocycles. The highest BCUT2D eigenvalue weighted by molar-refractivity contribution is 6.01. The molecule has 158 valence electrons. The summed E-state index contributed by atoms with van der Waals surface area (Å²) in [5.74, 6) is -1.07. The summed E-state index contributed by atoms with van der Waals surface area (Å²) in [6.07, 6.45) is 4.29. The summed E-state index contributed by atoms with van der Waals surface area (Å²) in [7, 11) is 1.49. The van der Waals surface area contributed by atoms with E-state index in [1.807, 2.05) is 6.92 Å². The number of pyridine rings is 1. The van der Waals surface area contributed by atoms with E-state index in [1.165, 1.54) is 11.9 Å². The fraction of sp³-hybridized carbons (Fsp3) is 0.450. The lowest BCUT2D eigenvalue weighted by molar-refractivity contribution is -0.120. The van der Waals surface area contributed by atoms with Crippen molar-refractivity contribution in [2.24, 2.45) is 0 Å². The minimum atomic E-state index is -0.990. The molecule has 2 aliphatic rings. The summed E-state index contributed by atoms with van der Waals surface area (Å²) in [5.41, 5.74) is 1.74. The predicted molar refractivity (Wildman–Crippen MR) is 104 cm³/mol. The topological polar surface area (TPSA) is 107 Å². The lowest BCUT2D eigenvalue weighted by Gasteiger charge is -2.23. The molecule has 0 bridgehead atoms. The first-order valence-corrected chi connectivity index (χ1v) is 9.72. The zero-order valence-corrected chi connectivity index (χ0v) is 16.7. The van der Waals surface area contributed by atoms with Gasteiger partial charge in [0.25, 0.3) is 11.8 Å². The zero-order valence-electron chi connectivity index (χ0n) is 16.7. The molecule has 1 N–H and O–H groups in total. The van der Waals surface area contributed by atoms with Gasteiger partial charge in [-0.05, 0) is 25.3 Å². The Kier molecular flexibility index (Phi) is 5.58. The molecule has 1 fully saturated rings. The molecule has 2 amide bonds. The minimum Gasteiger partial charge on any atom is -0.487 e. The standard InChI is InChI=1S/C20H22FN5O4/c1-11-8-22-17(25-16(11)12-3-5-29-6-4-12)19(27)24-14-10-30-15-7-13(21)9-23-18(15)26(2)20(14)28/h7-9,12,14H,3-6,10H2,1-2H3,(H,24,27)/t14-/m0/s1. The van der Waals surface area contributed by atoms with Gasteiger partial charge in [0, 0.05) is 38.4 Å². The number of carbonyl (C=O) groups is 2. The van der Waals surface area contributed by atoms with Gasteiger partial charge in [0.2, 0.25) is 5.82 Å². The number of likely N-dealkylation sites (N-methyl/N-ethyl adjacent to an activating group) is 1. The molecule has 0 saturated carbocycles. The SMILES string of the molecule is Cc1cnc(C(=O)N[C@H]2COc3cc(F)cnc3N(C)C2=O)nc1C1CCOCC1. The third-order valence-electron chi connectivity index (χ3n) is 5.28. The van der Waals surface area contributed by atoms with Crippen molar-refractivity contribution >= 4 is 17.6 Å². The first-order valence-electron chi connectivity index (χ1n) is 9.72. The number of hydrogen-bond acceptors (Lipinski definition) is 7. The average molecular weight is 415 g/mol. The van der Waals surface area contributed by atoms with Crippen molar-refractivity contribution in [1.29, 1.82) is 0 Å². The molecule has 0 unspecified atom stereocenters. The van der Waals surface area contributed by atoms with E-state index in [4.69, 9.17) is 9.47 Å². The molecule has 4 rings (SSSR count). The van der Waals surface area contributed by atoms with Crippen LogP contribution in [0.4, 0.5) is 10.2 Å². The molecule has 10 heteroatoms. The highest BCUT2D eigenvalue weighted by Gasteiger charge is 2.32. The fourth-order valence-electron chi connectivity index (χ4n) is 3.63. The maximum absolute atomic E-state index is 13.5. The molecular formula is C20H22FN5O4. The Morgan fingerprint density at radius 3 is 2.80 bits per heavy atom. The van der Waals surface area contributed by atoms with Gasteiger partial charge in [-0.2, -0.15) is 0 Å². The molecule has 2 aliphatic heterocycles. The van der Waals surface area contributed by atoms with E-state index < -0.39 is 23.7 Å². The second kappa shape index (κ2) is 8.31. The van der Waals surface area contributed by atoms with Gasteiger partial charge in [0.05, 0.1) is 11.9 Å². The summed E-state index contributed by atoms with van der Waals surface area (Å²) in [6, 6.07) is 0.163. The van der Waals surface area contributed by atoms with Crippen molar-refractivity contribution in [2.75, 3.05) is 31.8 Å². The summed E-state index contributed by atoms with van der Waals surface area (Å²) in [4.78, 5) is 39.3. The molecule has 0 spiro atoms. The van der Waals surface area contributed by atoms with Gasteiger partial charge in [0.15, 0.2) is 11.6 Å². The Morgan fingerprint density at radius 2 is 2.03 bits per heavy atom. The van der Waals surface area contributed by atoms with Crippen LogP contribution in [0.25, 0.3) is 0 Å². The molecule has 0 aliphatic carbocycles. The van der Waals surface area contributed by atoms with Crippen LogP contribution in [0.2, 0.25) is 0 Å². The molecule has 1 atom stereocenters. The van der Waals surface area contributed by atoms with Crippen molar-refractivity contribution in [3.05, 3.63) is 41.4 Å². The average Bonchev–Trinajstić information content (AvgIpc) is 2.86. The van der Waals surface area contributed by atoms with E-state index in [1.54, 1.807) is 6.20 Å². The Hall–Kier alpha value is -3.14. The van der Waals surface area contributed by atoms with Crippen molar-refractivity contribution in [3.63, 3.8) is 0 Å². The largest absolute Gasteiger partial charge is 0.487 e. The summed E-state index contributed by atoms with van der Waals surface area (Å²) in [6.45, 7) is 3.06. The lowest BCUT2D eigenvalue weighted by atomic mass is 9.94. The van der Waals surface area contributed by atoms with Crippen molar-refractivity contribution in [3.8, 4) is 5.75 Å². The molecule has 2 aromatic heterocycles. The second-order valence-electron chi connectivity index (χ2n) is 7.36. The zero-order chi connectivity index (χ0) is 21.3. The molecule has 0 radical (unpaired) electrons. The number of fused-ring (bicyclic) bond motifs is 1. The maximum atomic E-state index is 13.5. The van der Waals surface area contributed by atoms with Gasteiger partial charge < -0.3 is 14.8 Å². The van der Waals surface area contributed by atoms with Crippen LogP contribution in [0.3, 0.4) is 0 Å². The van der Waals surface area contributed by atoms with Crippen LogP contribution in [-0.4, -0.2) is 59.7 Å². The van der Waals surface area contributed by atoms with Gasteiger partial charge in [0.1, 0.15) is 18.5 Å². The number of aryl methyl sites for hydroxylation is 1. The molecule has 1 saturated heterocycles. The lowest BCUT2D eigenvalue weighted by Crippen LogP contribution is -2.49. The van der Waals surface area contributed by atoms with Crippen LogP contribution >= 0.6 is 0 Å². The van der Waals surface area contributed by atoms with Crippen molar-refractivity contribution in [1.82, 2.24) is 20.3 Å². The van der Waals surface area contributed by atoms with E-state index >= 15 is 0 Å². The van der Waals surface area contributed by atoms with E-state index in [2.05, 4.69) is 20.3 Å². The number of amides is 2. The number of nitrogens with one attached hydrogen (secondary N) is 1. The highest BCUT2D eigenvalue weighted by atomic mass is 19.1. The maximum Gasteiger partial charge on any atom is 0.289 e. The number of nitrogens with zero attached hydrogens (tertiary/aromatic N) is 4. The smallest absolute Gasteiger partial charge is 0.289 e. The van der Waals surface area contributed by atoms with Crippen molar-refractivity contribution in [2.45, 2.75) is 31.7 Å². The van der Waals surface area contributed by atoms with Gasteiger partial charge in [-0.3, -0.25) is 14.5 Å². The number of anilines is 1. The Morgan fingerprint density at radius 1 is 1.27 bits per heavy atom. The first kappa shape index (κ1) is 20.1. The second-order valence-corrected chi connectivity index (χ2v) is 7.36. The fourth-order valence-corrected chi connectivity index (χ4v) is 3.63. The van der Waals surface area contributed by atoms with E-state index in [0.29, 0.717) is 13.2 Å². The number of hydrogen-bond donors (Lipinski definition) is 1. The van der Waals surface area contributed by atoms with E-state index in [0.717, 1.165) is 36.4 Å². The van der Waals surface area contributed by atoms with Gasteiger partial charge >= 0.3 is 0 Å². The predicted octanol–water partition coefficient (Wildman–Crippen LogP) is 1.37. The van der Waals surface area contributed by atoms with Crippen LogP contribution in [0, 0.1) is 12.7 Å². The normalized spacial score (nSPS) is 19.6. The van der Waals surface area contributed by atoms with E-state index in [9.17, 15) is 14.0 Å². The summed E-state index contributed by atoms with van der Waals surface area (Å²) >= 11 is 0. The first-order chi connectivity index (χ1) is 14.4. The Bertz CT molecular complexity index is 980. The monoisotopic (exact) mass is 415 g/mol. The van der Waals surface area contributed by atoms with Crippen LogP contribution in [0.5, 0.6) is 5.75 Å². The van der Waals surface area contributed by atoms with Crippen LogP contribution in [0.1, 0.15) is 40.6 Å². The summed E-state index contributed by atoms with van der Waals surface area (Å²) < 4.78 is 24.4. The van der Waals surface area contributed by atoms with Crippen molar-refractivity contribution < 1.29 is 23.5 Å². The number of rotatable bonds is 3. The van der Waals surface area contributed by atoms with Crippen LogP contribution in [-0.2, 0) is 9.53 Å². The van der Waals surface area contributed by atoms with Gasteiger partial charge in [-0.25, -0.2) is 19.3 Å². The summed E-state index contributed by atoms with van der Waals surface area (Å²) in [5, 5.41) is 2.63. The highest BCUT2D eigenvalue weighted by Crippen LogP contribution is 2.29. The van der Waals surface area contributed by atoms with Gasteiger partial charge in [-0.1, -0.05) is 0 Å². The van der Waals surface area contributed by atoms with E-state index in [-0.39, 0.29) is 29.9 Å². The molecule has 9 nitrogen and oxygen atoms in total. The van der Waals surface area contributed by atoms with Crippen LogP contribution in [0.15, 0.2) is 18.5 Å². The minimum absolute atomic E-state index is 0.0107. The third-order valence-corrected chi connectivity index (χ3v) is 5.28. The molecule has 2 aromatic rings. The Labute approximate surface area is 172 Å². The number of aromatic nitrogens is 3. The number of ether oxygens (including phenoxy) is 2.